The van der Waals surface area contributed by atoms with Gasteiger partial charge in [-0.05, 0) is 61.7 Å². The molecule has 180 valence electrons. The molecule has 0 bridgehead atoms. The molecule has 6 nitrogen and oxygen atoms in total. The van der Waals surface area contributed by atoms with Crippen LogP contribution in [0.5, 0.6) is 0 Å². The van der Waals surface area contributed by atoms with Gasteiger partial charge in [0.25, 0.3) is 0 Å². The molecule has 3 rings (SSSR count). The van der Waals surface area contributed by atoms with Crippen molar-refractivity contribution in [3.63, 3.8) is 0 Å². The molecule has 0 radical (unpaired) electrons. The lowest BCUT2D eigenvalue weighted by atomic mass is 9.99. The van der Waals surface area contributed by atoms with Gasteiger partial charge >= 0.3 is 6.09 Å². The molecule has 8 heteroatoms. The van der Waals surface area contributed by atoms with Crippen molar-refractivity contribution in [3.8, 4) is 0 Å². The summed E-state index contributed by atoms with van der Waals surface area (Å²) in [5.41, 5.74) is 3.83. The second kappa shape index (κ2) is 11.2. The predicted octanol–water partition coefficient (Wildman–Crippen LogP) is 6.30. The summed E-state index contributed by atoms with van der Waals surface area (Å²) in [4.78, 5) is 17.0. The molecule has 2 aromatic rings. The maximum Gasteiger partial charge on any atom is 0.410 e. The summed E-state index contributed by atoms with van der Waals surface area (Å²) in [6, 6.07) is 12.6. The van der Waals surface area contributed by atoms with E-state index in [4.69, 9.17) is 14.2 Å². The first kappa shape index (κ1) is 26.0. The van der Waals surface area contributed by atoms with Crippen molar-refractivity contribution in [1.29, 1.82) is 0 Å². The first-order valence-corrected chi connectivity index (χ1v) is 12.5. The van der Waals surface area contributed by atoms with Crippen molar-refractivity contribution >= 4 is 43.6 Å². The number of amides is 1. The fraction of sp³-hybridized carbons (Fsp3) is 0.480. The van der Waals surface area contributed by atoms with E-state index in [2.05, 4.69) is 67.1 Å². The number of hydrogen-bond donors (Lipinski definition) is 0. The normalized spacial score (nSPS) is 16.8. The summed E-state index contributed by atoms with van der Waals surface area (Å²) in [7, 11) is 3.39. The molecule has 1 aliphatic rings. The van der Waals surface area contributed by atoms with Crippen LogP contribution in [-0.2, 0) is 27.4 Å². The number of carbonyl (C=O) groups excluding carboxylic acids is 1. The van der Waals surface area contributed by atoms with Crippen molar-refractivity contribution in [1.82, 2.24) is 4.90 Å². The molecule has 1 amide bonds. The largest absolute Gasteiger partial charge is 0.444 e. The Balaban J connectivity index is 1.98. The summed E-state index contributed by atoms with van der Waals surface area (Å²) in [6.07, 6.45) is -0.280. The van der Waals surface area contributed by atoms with E-state index >= 15 is 0 Å². The van der Waals surface area contributed by atoms with Gasteiger partial charge in [0.2, 0.25) is 0 Å². The first-order valence-electron chi connectivity index (χ1n) is 10.9. The standard InChI is InChI=1S/C25H32Br2N2O4/c1-25(2,3)33-24(30)28-10-11-29(20-7-9-22(27)19(13-20)16-32-5)23(14-28)17-6-8-21(26)18(12-17)15-31-4/h6-9,12-13,23H,10-11,14-16H2,1-5H3. The SMILES string of the molecule is COCc1cc(C2CN(C(=O)OC(C)(C)C)CCN2c2ccc(Br)c(COC)c2)ccc1Br. The van der Waals surface area contributed by atoms with Gasteiger partial charge < -0.3 is 24.0 Å². The van der Waals surface area contributed by atoms with E-state index in [9.17, 15) is 4.79 Å². The van der Waals surface area contributed by atoms with Crippen LogP contribution in [0.3, 0.4) is 0 Å². The average Bonchev–Trinajstić information content (AvgIpc) is 2.75. The summed E-state index contributed by atoms with van der Waals surface area (Å²) >= 11 is 7.24. The monoisotopic (exact) mass is 582 g/mol. The maximum atomic E-state index is 12.9. The third-order valence-corrected chi connectivity index (χ3v) is 6.99. The number of nitrogens with zero attached hydrogens (tertiary/aromatic N) is 2. The second-order valence-corrected chi connectivity index (χ2v) is 10.8. The Morgan fingerprint density at radius 3 is 2.18 bits per heavy atom. The van der Waals surface area contributed by atoms with Crippen LogP contribution in [0.1, 0.15) is 43.5 Å². The highest BCUT2D eigenvalue weighted by molar-refractivity contribution is 9.10. The Bertz CT molecular complexity index is 977. The van der Waals surface area contributed by atoms with Gasteiger partial charge in [0.15, 0.2) is 0 Å². The molecule has 0 saturated carbocycles. The van der Waals surface area contributed by atoms with Crippen LogP contribution in [0.15, 0.2) is 45.3 Å². The van der Waals surface area contributed by atoms with Crippen molar-refractivity contribution in [3.05, 3.63) is 62.0 Å². The minimum absolute atomic E-state index is 0.0356. The summed E-state index contributed by atoms with van der Waals surface area (Å²) in [6.45, 7) is 8.51. The lowest BCUT2D eigenvalue weighted by Gasteiger charge is -2.43. The number of benzene rings is 2. The van der Waals surface area contributed by atoms with Gasteiger partial charge in [0.1, 0.15) is 5.60 Å². The van der Waals surface area contributed by atoms with E-state index < -0.39 is 5.60 Å². The fourth-order valence-corrected chi connectivity index (χ4v) is 4.67. The van der Waals surface area contributed by atoms with E-state index in [0.29, 0.717) is 32.8 Å². The lowest BCUT2D eigenvalue weighted by Crippen LogP contribution is -2.51. The third kappa shape index (κ3) is 6.72. The molecule has 1 saturated heterocycles. The van der Waals surface area contributed by atoms with E-state index in [1.807, 2.05) is 26.8 Å². The van der Waals surface area contributed by atoms with Crippen LogP contribution in [0.4, 0.5) is 10.5 Å². The summed E-state index contributed by atoms with van der Waals surface area (Å²) < 4.78 is 18.5. The highest BCUT2D eigenvalue weighted by Gasteiger charge is 2.33. The summed E-state index contributed by atoms with van der Waals surface area (Å²) in [5.74, 6) is 0. The number of hydrogen-bond acceptors (Lipinski definition) is 5. The zero-order chi connectivity index (χ0) is 24.2. The van der Waals surface area contributed by atoms with Gasteiger partial charge in [-0.25, -0.2) is 4.79 Å². The van der Waals surface area contributed by atoms with Crippen molar-refractivity contribution < 1.29 is 19.0 Å². The van der Waals surface area contributed by atoms with Crippen LogP contribution in [-0.4, -0.2) is 50.4 Å². The van der Waals surface area contributed by atoms with E-state index in [-0.39, 0.29) is 12.1 Å². The van der Waals surface area contributed by atoms with Crippen LogP contribution < -0.4 is 4.90 Å². The second-order valence-electron chi connectivity index (χ2n) is 9.13. The minimum Gasteiger partial charge on any atom is -0.444 e. The topological polar surface area (TPSA) is 51.2 Å². The molecular weight excluding hydrogens is 552 g/mol. The average molecular weight is 584 g/mol. The number of methoxy groups -OCH3 is 2. The number of halogens is 2. The van der Waals surface area contributed by atoms with Crippen LogP contribution in [0.25, 0.3) is 0 Å². The van der Waals surface area contributed by atoms with E-state index in [1.54, 1.807) is 19.1 Å². The molecule has 0 N–H and O–H groups in total. The molecular formula is C25H32Br2N2O4. The quantitative estimate of drug-likeness (QED) is 0.399. The minimum atomic E-state index is -0.534. The molecule has 1 fully saturated rings. The number of ether oxygens (including phenoxy) is 3. The number of carbonyl (C=O) groups is 1. The maximum absolute atomic E-state index is 12.9. The van der Waals surface area contributed by atoms with E-state index in [1.165, 1.54) is 0 Å². The highest BCUT2D eigenvalue weighted by atomic mass is 79.9. The molecule has 0 spiro atoms. The molecule has 1 heterocycles. The predicted molar refractivity (Wildman–Crippen MR) is 138 cm³/mol. The van der Waals surface area contributed by atoms with E-state index in [0.717, 1.165) is 31.3 Å². The third-order valence-electron chi connectivity index (χ3n) is 5.45. The van der Waals surface area contributed by atoms with Crippen molar-refractivity contribution in [2.75, 3.05) is 38.8 Å². The lowest BCUT2D eigenvalue weighted by molar-refractivity contribution is 0.0214. The first-order chi connectivity index (χ1) is 15.6. The summed E-state index contributed by atoms with van der Waals surface area (Å²) in [5, 5.41) is 0. The number of piperazine rings is 1. The Morgan fingerprint density at radius 2 is 1.58 bits per heavy atom. The van der Waals surface area contributed by atoms with Crippen LogP contribution >= 0.6 is 31.9 Å². The van der Waals surface area contributed by atoms with Crippen LogP contribution in [0.2, 0.25) is 0 Å². The number of anilines is 1. The Labute approximate surface area is 213 Å². The Kier molecular flexibility index (Phi) is 8.83. The smallest absolute Gasteiger partial charge is 0.410 e. The Hall–Kier alpha value is -1.61. The zero-order valence-corrected chi connectivity index (χ0v) is 23.0. The van der Waals surface area contributed by atoms with Crippen LogP contribution in [0, 0.1) is 0 Å². The van der Waals surface area contributed by atoms with Gasteiger partial charge in [-0.1, -0.05) is 44.0 Å². The molecule has 0 aromatic heterocycles. The molecule has 0 aliphatic carbocycles. The van der Waals surface area contributed by atoms with Gasteiger partial charge in [-0.15, -0.1) is 0 Å². The molecule has 1 atom stereocenters. The Morgan fingerprint density at radius 1 is 0.970 bits per heavy atom. The number of rotatable bonds is 6. The zero-order valence-electron chi connectivity index (χ0n) is 19.9. The van der Waals surface area contributed by atoms with Gasteiger partial charge in [0.05, 0.1) is 19.3 Å². The van der Waals surface area contributed by atoms with Crippen molar-refractivity contribution in [2.24, 2.45) is 0 Å². The van der Waals surface area contributed by atoms with Gasteiger partial charge in [-0.2, -0.15) is 0 Å². The fourth-order valence-electron chi connectivity index (χ4n) is 3.94. The van der Waals surface area contributed by atoms with Crippen molar-refractivity contribution in [2.45, 2.75) is 45.6 Å². The van der Waals surface area contributed by atoms with Gasteiger partial charge in [0, 0.05) is 48.5 Å². The molecule has 1 unspecified atom stereocenters. The molecule has 1 aliphatic heterocycles. The highest BCUT2D eigenvalue weighted by Crippen LogP contribution is 2.35. The van der Waals surface area contributed by atoms with Gasteiger partial charge in [-0.3, -0.25) is 0 Å². The molecule has 33 heavy (non-hydrogen) atoms. The molecule has 2 aromatic carbocycles.